The first-order valence-corrected chi connectivity index (χ1v) is 5.72. The standard InChI is InChI=1S/C12H11ClO5/c1-6(12(15)16)2-9(14)7-3-8(13)11-10(4-7)17-5-18-11/h3-4,6H,2,5H2,1H3,(H,15,16). The first-order chi connectivity index (χ1) is 8.49. The van der Waals surface area contributed by atoms with Gasteiger partial charge >= 0.3 is 5.97 Å². The first kappa shape index (κ1) is 12.7. The molecule has 1 aliphatic heterocycles. The van der Waals surface area contributed by atoms with Gasteiger partial charge in [-0.2, -0.15) is 0 Å². The summed E-state index contributed by atoms with van der Waals surface area (Å²) in [5.41, 5.74) is 0.331. The van der Waals surface area contributed by atoms with Crippen LogP contribution in [-0.4, -0.2) is 23.7 Å². The highest BCUT2D eigenvalue weighted by molar-refractivity contribution is 6.32. The monoisotopic (exact) mass is 270 g/mol. The lowest BCUT2D eigenvalue weighted by Gasteiger charge is -2.07. The summed E-state index contributed by atoms with van der Waals surface area (Å²) in [6.07, 6.45) is -0.0781. The second-order valence-corrected chi connectivity index (χ2v) is 4.47. The summed E-state index contributed by atoms with van der Waals surface area (Å²) >= 11 is 5.94. The van der Waals surface area contributed by atoms with Gasteiger partial charge in [-0.05, 0) is 12.1 Å². The van der Waals surface area contributed by atoms with Crippen LogP contribution in [0.25, 0.3) is 0 Å². The number of benzene rings is 1. The van der Waals surface area contributed by atoms with E-state index in [9.17, 15) is 9.59 Å². The molecule has 1 N–H and O–H groups in total. The molecule has 2 rings (SSSR count). The maximum atomic E-state index is 11.9. The highest BCUT2D eigenvalue weighted by Gasteiger charge is 2.22. The topological polar surface area (TPSA) is 72.8 Å². The van der Waals surface area contributed by atoms with Gasteiger partial charge in [0.25, 0.3) is 0 Å². The Bertz CT molecular complexity index is 511. The Morgan fingerprint density at radius 1 is 1.44 bits per heavy atom. The van der Waals surface area contributed by atoms with Crippen molar-refractivity contribution in [3.05, 3.63) is 22.7 Å². The highest BCUT2D eigenvalue weighted by Crippen LogP contribution is 2.40. The lowest BCUT2D eigenvalue weighted by Crippen LogP contribution is -2.14. The van der Waals surface area contributed by atoms with Gasteiger partial charge in [-0.3, -0.25) is 9.59 Å². The average Bonchev–Trinajstić information content (AvgIpc) is 2.77. The Morgan fingerprint density at radius 2 is 2.17 bits per heavy atom. The van der Waals surface area contributed by atoms with E-state index in [2.05, 4.69) is 0 Å². The van der Waals surface area contributed by atoms with Gasteiger partial charge in [-0.25, -0.2) is 0 Å². The molecule has 0 saturated heterocycles. The molecule has 1 aliphatic rings. The van der Waals surface area contributed by atoms with Gasteiger partial charge in [0.2, 0.25) is 6.79 Å². The van der Waals surface area contributed by atoms with E-state index in [-0.39, 0.29) is 24.0 Å². The zero-order valence-corrected chi connectivity index (χ0v) is 10.4. The molecule has 5 nitrogen and oxygen atoms in total. The lowest BCUT2D eigenvalue weighted by atomic mass is 9.99. The van der Waals surface area contributed by atoms with Crippen molar-refractivity contribution in [2.24, 2.45) is 5.92 Å². The smallest absolute Gasteiger partial charge is 0.306 e. The SMILES string of the molecule is CC(CC(=O)c1cc(Cl)c2c(c1)OCO2)C(=O)O. The van der Waals surface area contributed by atoms with Crippen molar-refractivity contribution in [3.63, 3.8) is 0 Å². The molecule has 1 aromatic rings. The van der Waals surface area contributed by atoms with E-state index in [1.807, 2.05) is 0 Å². The predicted molar refractivity (Wildman–Crippen MR) is 63.3 cm³/mol. The molecular weight excluding hydrogens is 260 g/mol. The van der Waals surface area contributed by atoms with Crippen molar-refractivity contribution in [1.82, 2.24) is 0 Å². The number of ketones is 1. The summed E-state index contributed by atoms with van der Waals surface area (Å²) < 4.78 is 10.3. The van der Waals surface area contributed by atoms with Gasteiger partial charge in [0.1, 0.15) is 0 Å². The number of rotatable bonds is 4. The highest BCUT2D eigenvalue weighted by atomic mass is 35.5. The summed E-state index contributed by atoms with van der Waals surface area (Å²) in [5.74, 6) is -1.20. The van der Waals surface area contributed by atoms with E-state index in [4.69, 9.17) is 26.2 Å². The number of carbonyl (C=O) groups excluding carboxylic acids is 1. The number of carboxylic acids is 1. The van der Waals surface area contributed by atoms with Crippen molar-refractivity contribution in [1.29, 1.82) is 0 Å². The van der Waals surface area contributed by atoms with E-state index < -0.39 is 11.9 Å². The van der Waals surface area contributed by atoms with Gasteiger partial charge < -0.3 is 14.6 Å². The number of carboxylic acid groups (broad SMARTS) is 1. The number of aliphatic carboxylic acids is 1. The van der Waals surface area contributed by atoms with Crippen molar-refractivity contribution in [3.8, 4) is 11.5 Å². The van der Waals surface area contributed by atoms with Gasteiger partial charge in [-0.15, -0.1) is 0 Å². The van der Waals surface area contributed by atoms with Crippen LogP contribution in [0.2, 0.25) is 5.02 Å². The third kappa shape index (κ3) is 2.41. The second kappa shape index (κ2) is 4.86. The third-order valence-electron chi connectivity index (χ3n) is 2.66. The zero-order chi connectivity index (χ0) is 13.3. The summed E-state index contributed by atoms with van der Waals surface area (Å²) in [5, 5.41) is 9.05. The molecule has 18 heavy (non-hydrogen) atoms. The van der Waals surface area contributed by atoms with Crippen molar-refractivity contribution >= 4 is 23.4 Å². The molecule has 0 amide bonds. The van der Waals surface area contributed by atoms with Gasteiger partial charge in [0, 0.05) is 12.0 Å². The Morgan fingerprint density at radius 3 is 2.83 bits per heavy atom. The van der Waals surface area contributed by atoms with E-state index in [0.717, 1.165) is 0 Å². The number of Topliss-reactive ketones (excluding diaryl/α,β-unsaturated/α-hetero) is 1. The molecule has 0 fully saturated rings. The van der Waals surface area contributed by atoms with Crippen LogP contribution >= 0.6 is 11.6 Å². The maximum Gasteiger partial charge on any atom is 0.306 e. The van der Waals surface area contributed by atoms with Gasteiger partial charge in [-0.1, -0.05) is 18.5 Å². The van der Waals surface area contributed by atoms with E-state index in [1.54, 1.807) is 0 Å². The van der Waals surface area contributed by atoms with Crippen LogP contribution in [0.15, 0.2) is 12.1 Å². The van der Waals surface area contributed by atoms with Crippen LogP contribution in [0.4, 0.5) is 0 Å². The molecule has 1 aromatic carbocycles. The Labute approximate surface area is 108 Å². The fraction of sp³-hybridized carbons (Fsp3) is 0.333. The first-order valence-electron chi connectivity index (χ1n) is 5.34. The minimum atomic E-state index is -1.00. The van der Waals surface area contributed by atoms with Crippen LogP contribution < -0.4 is 9.47 Å². The fourth-order valence-corrected chi connectivity index (χ4v) is 1.88. The van der Waals surface area contributed by atoms with E-state index in [0.29, 0.717) is 17.1 Å². The predicted octanol–water partition coefficient (Wildman–Crippen LogP) is 2.36. The number of halogens is 1. The summed E-state index contributed by atoms with van der Waals surface area (Å²) in [6.45, 7) is 1.55. The minimum Gasteiger partial charge on any atom is -0.481 e. The number of ether oxygens (including phenoxy) is 2. The van der Waals surface area contributed by atoms with Crippen molar-refractivity contribution in [2.45, 2.75) is 13.3 Å². The number of hydrogen-bond acceptors (Lipinski definition) is 4. The molecule has 1 unspecified atom stereocenters. The van der Waals surface area contributed by atoms with Crippen LogP contribution in [-0.2, 0) is 4.79 Å². The average molecular weight is 271 g/mol. The normalized spacial score (nSPS) is 14.3. The molecular formula is C12H11ClO5. The van der Waals surface area contributed by atoms with Crippen LogP contribution in [0, 0.1) is 5.92 Å². The minimum absolute atomic E-state index is 0.0677. The Balaban J connectivity index is 2.21. The molecule has 6 heteroatoms. The second-order valence-electron chi connectivity index (χ2n) is 4.06. The Hall–Kier alpha value is -1.75. The summed E-state index contributed by atoms with van der Waals surface area (Å²) in [4.78, 5) is 22.6. The van der Waals surface area contributed by atoms with Crippen LogP contribution in [0.3, 0.4) is 0 Å². The van der Waals surface area contributed by atoms with Crippen molar-refractivity contribution < 1.29 is 24.2 Å². The molecule has 1 atom stereocenters. The molecule has 96 valence electrons. The van der Waals surface area contributed by atoms with E-state index >= 15 is 0 Å². The summed E-state index contributed by atoms with van der Waals surface area (Å²) in [6, 6.07) is 2.98. The molecule has 0 radical (unpaired) electrons. The number of fused-ring (bicyclic) bond motifs is 1. The molecule has 0 saturated carbocycles. The third-order valence-corrected chi connectivity index (χ3v) is 2.94. The Kier molecular flexibility index (Phi) is 3.43. The lowest BCUT2D eigenvalue weighted by molar-refractivity contribution is -0.141. The number of hydrogen-bond donors (Lipinski definition) is 1. The van der Waals surface area contributed by atoms with Crippen LogP contribution in [0.5, 0.6) is 11.5 Å². The molecule has 0 bridgehead atoms. The summed E-state index contributed by atoms with van der Waals surface area (Å²) in [7, 11) is 0. The number of carbonyl (C=O) groups is 2. The van der Waals surface area contributed by atoms with Gasteiger partial charge in [0.15, 0.2) is 17.3 Å². The maximum absolute atomic E-state index is 11.9. The molecule has 1 heterocycles. The zero-order valence-electron chi connectivity index (χ0n) is 9.60. The largest absolute Gasteiger partial charge is 0.481 e. The molecule has 0 aromatic heterocycles. The van der Waals surface area contributed by atoms with E-state index in [1.165, 1.54) is 19.1 Å². The molecule has 0 spiro atoms. The van der Waals surface area contributed by atoms with Crippen LogP contribution in [0.1, 0.15) is 23.7 Å². The molecule has 0 aliphatic carbocycles. The van der Waals surface area contributed by atoms with Crippen molar-refractivity contribution in [2.75, 3.05) is 6.79 Å². The van der Waals surface area contributed by atoms with Gasteiger partial charge in [0.05, 0.1) is 10.9 Å². The fourth-order valence-electron chi connectivity index (χ4n) is 1.61. The quantitative estimate of drug-likeness (QED) is 0.850.